The van der Waals surface area contributed by atoms with Crippen molar-refractivity contribution in [3.8, 4) is 22.5 Å². The van der Waals surface area contributed by atoms with Gasteiger partial charge in [-0.2, -0.15) is 10.2 Å². The van der Waals surface area contributed by atoms with Crippen LogP contribution < -0.4 is 10.2 Å². The van der Waals surface area contributed by atoms with Gasteiger partial charge in [0.25, 0.3) is 0 Å². The standard InChI is InChI=1S/C29H31N9O2/c39-22-4-3-10-36(19-22)26-14-28(31-16-23(26)20-15-32-38(18-20)21-7-12-40-13-8-21)34-27-6-9-30-29(35-27)24-17-33-37-11-2-1-5-25(24)37/h1-2,5-6,9,11,14-18,21-22,39H,3-4,7-8,10,12-13,19H2,(H,30,31,34,35)/t22-/m0/s1. The average Bonchev–Trinajstić information content (AvgIpc) is 3.66. The predicted molar refractivity (Wildman–Crippen MR) is 152 cm³/mol. The highest BCUT2D eigenvalue weighted by molar-refractivity contribution is 5.80. The Morgan fingerprint density at radius 3 is 2.77 bits per heavy atom. The minimum absolute atomic E-state index is 0.344. The second kappa shape index (κ2) is 10.7. The molecule has 7 heterocycles. The lowest BCUT2D eigenvalue weighted by Crippen LogP contribution is -2.38. The summed E-state index contributed by atoms with van der Waals surface area (Å²) in [6, 6.07) is 10.1. The van der Waals surface area contributed by atoms with E-state index < -0.39 is 0 Å². The molecule has 40 heavy (non-hydrogen) atoms. The molecule has 2 N–H and O–H groups in total. The molecule has 11 heteroatoms. The number of hydrogen-bond acceptors (Lipinski definition) is 9. The Morgan fingerprint density at radius 2 is 1.88 bits per heavy atom. The molecule has 0 amide bonds. The third-order valence-electron chi connectivity index (χ3n) is 7.68. The van der Waals surface area contributed by atoms with E-state index in [2.05, 4.69) is 36.3 Å². The Bertz CT molecular complexity index is 1620. The Balaban J connectivity index is 1.20. The maximum atomic E-state index is 10.5. The zero-order chi connectivity index (χ0) is 26.9. The van der Waals surface area contributed by atoms with E-state index in [1.165, 1.54) is 0 Å². The number of aliphatic hydroxyl groups is 1. The highest BCUT2D eigenvalue weighted by Gasteiger charge is 2.23. The minimum atomic E-state index is -0.355. The monoisotopic (exact) mass is 537 g/mol. The summed E-state index contributed by atoms with van der Waals surface area (Å²) in [5, 5.41) is 22.9. The number of aromatic nitrogens is 7. The quantitative estimate of drug-likeness (QED) is 0.330. The molecule has 2 fully saturated rings. The first-order chi connectivity index (χ1) is 19.7. The molecule has 0 bridgehead atoms. The van der Waals surface area contributed by atoms with Crippen LogP contribution in [0, 0.1) is 0 Å². The largest absolute Gasteiger partial charge is 0.391 e. The normalized spacial score (nSPS) is 18.3. The van der Waals surface area contributed by atoms with Crippen LogP contribution >= 0.6 is 0 Å². The van der Waals surface area contributed by atoms with Gasteiger partial charge in [-0.1, -0.05) is 6.07 Å². The Kier molecular flexibility index (Phi) is 6.58. The number of nitrogens with one attached hydrogen (secondary N) is 1. The van der Waals surface area contributed by atoms with Gasteiger partial charge < -0.3 is 20.1 Å². The number of hydrogen-bond donors (Lipinski definition) is 2. The number of rotatable bonds is 6. The number of piperidine rings is 1. The molecule has 2 aliphatic heterocycles. The first kappa shape index (κ1) is 24.7. The van der Waals surface area contributed by atoms with Crippen molar-refractivity contribution >= 4 is 22.8 Å². The predicted octanol–water partition coefficient (Wildman–Crippen LogP) is 4.11. The Labute approximate surface area is 231 Å². The molecule has 2 saturated heterocycles. The lowest BCUT2D eigenvalue weighted by atomic mass is 10.0. The topological polar surface area (TPSA) is 119 Å². The van der Waals surface area contributed by atoms with Crippen molar-refractivity contribution in [2.75, 3.05) is 36.5 Å². The van der Waals surface area contributed by atoms with Crippen LogP contribution in [-0.4, -0.2) is 71.9 Å². The average molecular weight is 538 g/mol. The smallest absolute Gasteiger partial charge is 0.165 e. The molecule has 0 aromatic carbocycles. The molecule has 11 nitrogen and oxygen atoms in total. The van der Waals surface area contributed by atoms with Crippen LogP contribution in [0.1, 0.15) is 31.7 Å². The van der Waals surface area contributed by atoms with Gasteiger partial charge in [0.2, 0.25) is 0 Å². The lowest BCUT2D eigenvalue weighted by Gasteiger charge is -2.33. The number of aliphatic hydroxyl groups excluding tert-OH is 1. The number of fused-ring (bicyclic) bond motifs is 1. The van der Waals surface area contributed by atoms with E-state index in [0.29, 0.717) is 30.0 Å². The lowest BCUT2D eigenvalue weighted by molar-refractivity contribution is 0.0662. The van der Waals surface area contributed by atoms with Gasteiger partial charge in [0.15, 0.2) is 5.82 Å². The van der Waals surface area contributed by atoms with Crippen molar-refractivity contribution < 1.29 is 9.84 Å². The van der Waals surface area contributed by atoms with Crippen molar-refractivity contribution in [2.45, 2.75) is 37.8 Å². The third-order valence-corrected chi connectivity index (χ3v) is 7.68. The Hall–Kier alpha value is -4.35. The first-order valence-electron chi connectivity index (χ1n) is 13.8. The maximum absolute atomic E-state index is 10.5. The van der Waals surface area contributed by atoms with Crippen LogP contribution in [0.5, 0.6) is 0 Å². The second-order valence-electron chi connectivity index (χ2n) is 10.4. The van der Waals surface area contributed by atoms with Gasteiger partial charge in [0.1, 0.15) is 11.6 Å². The summed E-state index contributed by atoms with van der Waals surface area (Å²) in [5.41, 5.74) is 4.82. The fourth-order valence-electron chi connectivity index (χ4n) is 5.59. The van der Waals surface area contributed by atoms with Crippen LogP contribution in [0.2, 0.25) is 0 Å². The fourth-order valence-corrected chi connectivity index (χ4v) is 5.59. The van der Waals surface area contributed by atoms with Gasteiger partial charge in [0, 0.05) is 68.3 Å². The summed E-state index contributed by atoms with van der Waals surface area (Å²) in [7, 11) is 0. The molecule has 0 unspecified atom stereocenters. The SMILES string of the molecule is O[C@H]1CCCN(c2cc(Nc3ccnc(-c4cnn5ccccc45)n3)ncc2-c2cnn(C3CCOCC3)c2)C1. The molecule has 0 aliphatic carbocycles. The van der Waals surface area contributed by atoms with E-state index in [1.54, 1.807) is 12.4 Å². The van der Waals surface area contributed by atoms with E-state index in [0.717, 1.165) is 73.3 Å². The molecular weight excluding hydrogens is 506 g/mol. The summed E-state index contributed by atoms with van der Waals surface area (Å²) in [6.07, 6.45) is 14.6. The molecule has 1 atom stereocenters. The van der Waals surface area contributed by atoms with E-state index in [9.17, 15) is 5.11 Å². The summed E-state index contributed by atoms with van der Waals surface area (Å²) in [5.74, 6) is 1.89. The number of ether oxygens (including phenoxy) is 1. The summed E-state index contributed by atoms with van der Waals surface area (Å²) in [6.45, 7) is 2.98. The van der Waals surface area contributed by atoms with Crippen molar-refractivity contribution in [1.29, 1.82) is 0 Å². The zero-order valence-corrected chi connectivity index (χ0v) is 22.1. The fraction of sp³-hybridized carbons (Fsp3) is 0.345. The molecular formula is C29H31N9O2. The molecule has 5 aromatic rings. The van der Waals surface area contributed by atoms with E-state index in [1.807, 2.05) is 53.4 Å². The minimum Gasteiger partial charge on any atom is -0.391 e. The van der Waals surface area contributed by atoms with E-state index in [-0.39, 0.29) is 6.10 Å². The van der Waals surface area contributed by atoms with Gasteiger partial charge in [-0.3, -0.25) is 4.68 Å². The second-order valence-corrected chi connectivity index (χ2v) is 10.4. The van der Waals surface area contributed by atoms with Crippen molar-refractivity contribution in [3.05, 3.63) is 67.5 Å². The van der Waals surface area contributed by atoms with E-state index >= 15 is 0 Å². The zero-order valence-electron chi connectivity index (χ0n) is 22.1. The third kappa shape index (κ3) is 4.89. The number of pyridine rings is 2. The molecule has 0 spiro atoms. The van der Waals surface area contributed by atoms with Crippen LogP contribution in [0.15, 0.2) is 67.5 Å². The molecule has 0 saturated carbocycles. The van der Waals surface area contributed by atoms with Crippen LogP contribution in [-0.2, 0) is 4.74 Å². The van der Waals surface area contributed by atoms with Gasteiger partial charge in [-0.15, -0.1) is 0 Å². The maximum Gasteiger partial charge on any atom is 0.165 e. The van der Waals surface area contributed by atoms with Gasteiger partial charge in [-0.25, -0.2) is 19.5 Å². The highest BCUT2D eigenvalue weighted by Crippen LogP contribution is 2.35. The summed E-state index contributed by atoms with van der Waals surface area (Å²) < 4.78 is 9.39. The number of β-amino-alcohol motifs (C(OH)–C–C–N with tert-alkyl or cyclic N) is 1. The molecule has 2 aliphatic rings. The number of nitrogens with zero attached hydrogens (tertiary/aromatic N) is 8. The van der Waals surface area contributed by atoms with Crippen molar-refractivity contribution in [3.63, 3.8) is 0 Å². The summed E-state index contributed by atoms with van der Waals surface area (Å²) >= 11 is 0. The van der Waals surface area contributed by atoms with Crippen LogP contribution in [0.4, 0.5) is 17.3 Å². The molecule has 0 radical (unpaired) electrons. The molecule has 7 rings (SSSR count). The molecule has 5 aromatic heterocycles. The highest BCUT2D eigenvalue weighted by atomic mass is 16.5. The van der Waals surface area contributed by atoms with Crippen LogP contribution in [0.3, 0.4) is 0 Å². The molecule has 204 valence electrons. The first-order valence-corrected chi connectivity index (χ1v) is 13.8. The van der Waals surface area contributed by atoms with E-state index in [4.69, 9.17) is 14.7 Å². The van der Waals surface area contributed by atoms with Crippen molar-refractivity contribution in [1.82, 2.24) is 34.3 Å². The van der Waals surface area contributed by atoms with Crippen LogP contribution in [0.25, 0.3) is 28.0 Å². The number of anilines is 3. The Morgan fingerprint density at radius 1 is 0.950 bits per heavy atom. The summed E-state index contributed by atoms with van der Waals surface area (Å²) in [4.78, 5) is 16.2. The van der Waals surface area contributed by atoms with Crippen molar-refractivity contribution in [2.24, 2.45) is 0 Å². The van der Waals surface area contributed by atoms with Gasteiger partial charge in [0.05, 0.1) is 41.3 Å². The van der Waals surface area contributed by atoms with Gasteiger partial charge >= 0.3 is 0 Å². The van der Waals surface area contributed by atoms with Gasteiger partial charge in [-0.05, 0) is 43.9 Å².